The van der Waals surface area contributed by atoms with E-state index in [9.17, 15) is 0 Å². The second-order valence-electron chi connectivity index (χ2n) is 5.38. The maximum atomic E-state index is 5.62. The van der Waals surface area contributed by atoms with E-state index in [1.165, 1.54) is 5.19 Å². The summed E-state index contributed by atoms with van der Waals surface area (Å²) >= 11 is 0. The average molecular weight is 274 g/mol. The first-order valence-electron chi connectivity index (χ1n) is 6.65. The highest BCUT2D eigenvalue weighted by molar-refractivity contribution is 6.92. The molecular weight excluding hydrogens is 252 g/mol. The molecule has 0 aromatic heterocycles. The lowest BCUT2D eigenvalue weighted by Crippen LogP contribution is -2.48. The van der Waals surface area contributed by atoms with Crippen molar-refractivity contribution < 1.29 is 9.47 Å². The summed E-state index contributed by atoms with van der Waals surface area (Å²) in [6.45, 7) is 4.75. The number of benzene rings is 1. The molecule has 0 spiro atoms. The molecule has 19 heavy (non-hydrogen) atoms. The molecular formula is C16H22O2Si. The number of hydrogen-bond donors (Lipinski definition) is 0. The Morgan fingerprint density at radius 2 is 1.47 bits per heavy atom. The van der Waals surface area contributed by atoms with Gasteiger partial charge >= 0.3 is 0 Å². The molecule has 0 unspecified atom stereocenters. The summed E-state index contributed by atoms with van der Waals surface area (Å²) < 4.78 is 11.2. The lowest BCUT2D eigenvalue weighted by molar-refractivity contribution is 0.231. The standard InChI is InChI=1S/C16H22O2Si/c1-17-14-11-8-12-15(18-2)16(14)19(3,4)13-9-6-5-7-10-13/h5-7,9-12,16H,8H2,1-4H3. The van der Waals surface area contributed by atoms with E-state index in [1.54, 1.807) is 14.2 Å². The zero-order valence-electron chi connectivity index (χ0n) is 12.1. The van der Waals surface area contributed by atoms with E-state index in [-0.39, 0.29) is 5.54 Å². The van der Waals surface area contributed by atoms with Gasteiger partial charge in [0.2, 0.25) is 0 Å². The minimum Gasteiger partial charge on any atom is -0.501 e. The minimum absolute atomic E-state index is 0.263. The highest BCUT2D eigenvalue weighted by atomic mass is 28.3. The smallest absolute Gasteiger partial charge is 0.101 e. The molecule has 102 valence electrons. The van der Waals surface area contributed by atoms with Crippen LogP contribution in [0.1, 0.15) is 6.42 Å². The Morgan fingerprint density at radius 1 is 0.947 bits per heavy atom. The van der Waals surface area contributed by atoms with Crippen molar-refractivity contribution in [3.63, 3.8) is 0 Å². The van der Waals surface area contributed by atoms with Crippen molar-refractivity contribution in [2.24, 2.45) is 0 Å². The third-order valence-corrected chi connectivity index (χ3v) is 7.75. The van der Waals surface area contributed by atoms with Crippen LogP contribution in [0.15, 0.2) is 54.0 Å². The molecule has 0 aliphatic heterocycles. The Morgan fingerprint density at radius 3 is 1.95 bits per heavy atom. The summed E-state index contributed by atoms with van der Waals surface area (Å²) in [6, 6.07) is 10.7. The summed E-state index contributed by atoms with van der Waals surface area (Å²) in [5, 5.41) is 1.42. The van der Waals surface area contributed by atoms with E-state index in [0.717, 1.165) is 17.9 Å². The number of hydrogen-bond acceptors (Lipinski definition) is 2. The predicted octanol–water partition coefficient (Wildman–Crippen LogP) is 3.44. The van der Waals surface area contributed by atoms with E-state index in [2.05, 4.69) is 55.6 Å². The van der Waals surface area contributed by atoms with Gasteiger partial charge in [-0.25, -0.2) is 0 Å². The molecule has 1 aliphatic rings. The maximum Gasteiger partial charge on any atom is 0.101 e. The summed E-state index contributed by atoms with van der Waals surface area (Å²) in [4.78, 5) is 0. The van der Waals surface area contributed by atoms with E-state index in [1.807, 2.05) is 0 Å². The molecule has 1 aromatic carbocycles. The van der Waals surface area contributed by atoms with Crippen LogP contribution in [-0.4, -0.2) is 22.3 Å². The second-order valence-corrected chi connectivity index (χ2v) is 9.98. The van der Waals surface area contributed by atoms with Crippen LogP contribution < -0.4 is 5.19 Å². The van der Waals surface area contributed by atoms with E-state index < -0.39 is 8.07 Å². The summed E-state index contributed by atoms with van der Waals surface area (Å²) in [7, 11) is 1.78. The van der Waals surface area contributed by atoms with Gasteiger partial charge in [0, 0.05) is 0 Å². The highest BCUT2D eigenvalue weighted by Gasteiger charge is 2.41. The Labute approximate surface area is 116 Å². The Balaban J connectivity index is 2.43. The molecule has 1 aliphatic carbocycles. The molecule has 2 rings (SSSR count). The lowest BCUT2D eigenvalue weighted by atomic mass is 10.1. The number of rotatable bonds is 4. The molecule has 0 atom stereocenters. The van der Waals surface area contributed by atoms with Crippen molar-refractivity contribution in [2.75, 3.05) is 14.2 Å². The van der Waals surface area contributed by atoms with Crippen LogP contribution in [0.3, 0.4) is 0 Å². The van der Waals surface area contributed by atoms with Crippen LogP contribution in [0.5, 0.6) is 0 Å². The third kappa shape index (κ3) is 2.61. The fourth-order valence-electron chi connectivity index (χ4n) is 2.82. The Hall–Kier alpha value is -1.48. The van der Waals surface area contributed by atoms with Gasteiger partial charge in [0.1, 0.15) is 19.6 Å². The summed E-state index contributed by atoms with van der Waals surface area (Å²) in [6.07, 6.45) is 5.23. The second kappa shape index (κ2) is 5.66. The topological polar surface area (TPSA) is 18.5 Å². The fourth-order valence-corrected chi connectivity index (χ4v) is 6.09. The van der Waals surface area contributed by atoms with Crippen LogP contribution in [0.4, 0.5) is 0 Å². The van der Waals surface area contributed by atoms with Gasteiger partial charge in [0.05, 0.1) is 19.8 Å². The number of methoxy groups -OCH3 is 2. The highest BCUT2D eigenvalue weighted by Crippen LogP contribution is 2.40. The van der Waals surface area contributed by atoms with Crippen molar-refractivity contribution in [1.29, 1.82) is 0 Å². The molecule has 0 radical (unpaired) electrons. The fraction of sp³-hybridized carbons (Fsp3) is 0.375. The third-order valence-electron chi connectivity index (χ3n) is 3.92. The van der Waals surface area contributed by atoms with Crippen molar-refractivity contribution >= 4 is 13.3 Å². The zero-order chi connectivity index (χ0) is 13.9. The predicted molar refractivity (Wildman–Crippen MR) is 82.1 cm³/mol. The zero-order valence-corrected chi connectivity index (χ0v) is 13.1. The van der Waals surface area contributed by atoms with E-state index in [4.69, 9.17) is 9.47 Å². The van der Waals surface area contributed by atoms with Gasteiger partial charge in [-0.2, -0.15) is 0 Å². The lowest BCUT2D eigenvalue weighted by Gasteiger charge is -2.36. The maximum absolute atomic E-state index is 5.62. The molecule has 2 nitrogen and oxygen atoms in total. The van der Waals surface area contributed by atoms with Gasteiger partial charge < -0.3 is 9.47 Å². The largest absolute Gasteiger partial charge is 0.501 e. The van der Waals surface area contributed by atoms with Crippen LogP contribution in [0.25, 0.3) is 0 Å². The summed E-state index contributed by atoms with van der Waals surface area (Å²) in [5.41, 5.74) is 0.263. The van der Waals surface area contributed by atoms with Gasteiger partial charge in [-0.15, -0.1) is 0 Å². The monoisotopic (exact) mass is 274 g/mol. The van der Waals surface area contributed by atoms with Crippen molar-refractivity contribution in [1.82, 2.24) is 0 Å². The molecule has 0 fully saturated rings. The van der Waals surface area contributed by atoms with Crippen LogP contribution in [0, 0.1) is 0 Å². The van der Waals surface area contributed by atoms with E-state index in [0.29, 0.717) is 0 Å². The number of allylic oxidation sites excluding steroid dienone is 2. The van der Waals surface area contributed by atoms with Gasteiger partial charge in [0.15, 0.2) is 0 Å². The minimum atomic E-state index is -1.73. The van der Waals surface area contributed by atoms with Crippen molar-refractivity contribution in [3.05, 3.63) is 54.0 Å². The quantitative estimate of drug-likeness (QED) is 0.783. The molecule has 0 saturated carbocycles. The molecule has 1 aromatic rings. The molecule has 0 heterocycles. The van der Waals surface area contributed by atoms with Crippen molar-refractivity contribution in [2.45, 2.75) is 25.1 Å². The van der Waals surface area contributed by atoms with Gasteiger partial charge in [-0.05, 0) is 18.6 Å². The van der Waals surface area contributed by atoms with Crippen molar-refractivity contribution in [3.8, 4) is 0 Å². The SMILES string of the molecule is COC1=CCC=C(OC)C1[Si](C)(C)c1ccccc1. The van der Waals surface area contributed by atoms with Gasteiger partial charge in [-0.3, -0.25) is 0 Å². The molecule has 3 heteroatoms. The van der Waals surface area contributed by atoms with Gasteiger partial charge in [-0.1, -0.05) is 48.6 Å². The first-order valence-corrected chi connectivity index (χ1v) is 9.72. The van der Waals surface area contributed by atoms with Crippen LogP contribution in [0.2, 0.25) is 18.6 Å². The van der Waals surface area contributed by atoms with E-state index >= 15 is 0 Å². The average Bonchev–Trinajstić information content (AvgIpc) is 2.47. The Bertz CT molecular complexity index is 469. The molecule has 0 bridgehead atoms. The molecule has 0 N–H and O–H groups in total. The van der Waals surface area contributed by atoms with Crippen LogP contribution >= 0.6 is 0 Å². The van der Waals surface area contributed by atoms with Crippen LogP contribution in [-0.2, 0) is 9.47 Å². The first-order chi connectivity index (χ1) is 9.11. The van der Waals surface area contributed by atoms with Gasteiger partial charge in [0.25, 0.3) is 0 Å². The normalized spacial score (nSPS) is 16.6. The number of ether oxygens (including phenoxy) is 2. The first kappa shape index (κ1) is 13.9. The molecule has 0 amide bonds. The summed E-state index contributed by atoms with van der Waals surface area (Å²) in [5.74, 6) is 2.11. The Kier molecular flexibility index (Phi) is 4.15. The molecule has 0 saturated heterocycles.